The van der Waals surface area contributed by atoms with Crippen LogP contribution in [0.25, 0.3) is 0 Å². The molecule has 0 spiro atoms. The fraction of sp³-hybridized carbons (Fsp3) is 0.583. The maximum atomic E-state index is 10.6. The molecular formula is C12H17NO. The molecule has 1 fully saturated rings. The molecule has 2 nitrogen and oxygen atoms in total. The molecule has 0 N–H and O–H groups in total. The van der Waals surface area contributed by atoms with E-state index in [-0.39, 0.29) is 0 Å². The lowest BCUT2D eigenvalue weighted by Gasteiger charge is -2.24. The van der Waals surface area contributed by atoms with Gasteiger partial charge in [0.25, 0.3) is 0 Å². The summed E-state index contributed by atoms with van der Waals surface area (Å²) in [5.41, 5.74) is 2.03. The molecule has 76 valence electrons. The van der Waals surface area contributed by atoms with Gasteiger partial charge in [-0.05, 0) is 25.8 Å². The summed E-state index contributed by atoms with van der Waals surface area (Å²) in [5.74, 6) is 0. The summed E-state index contributed by atoms with van der Waals surface area (Å²) in [7, 11) is 0. The van der Waals surface area contributed by atoms with Crippen LogP contribution in [0.1, 0.15) is 54.2 Å². The third kappa shape index (κ3) is 1.74. The van der Waals surface area contributed by atoms with Crippen LogP contribution in [0.2, 0.25) is 0 Å². The summed E-state index contributed by atoms with van der Waals surface area (Å²) in [6.45, 7) is 2.08. The SMILES string of the molecule is Cc1cc(C=O)cn1C1CCCCC1. The zero-order valence-electron chi connectivity index (χ0n) is 8.70. The van der Waals surface area contributed by atoms with Crippen molar-refractivity contribution < 1.29 is 4.79 Å². The second-order valence-corrected chi connectivity index (χ2v) is 4.23. The van der Waals surface area contributed by atoms with E-state index in [1.807, 2.05) is 12.3 Å². The summed E-state index contributed by atoms with van der Waals surface area (Å²) >= 11 is 0. The lowest BCUT2D eigenvalue weighted by atomic mass is 9.95. The molecule has 0 bridgehead atoms. The predicted octanol–water partition coefficient (Wildman–Crippen LogP) is 3.11. The van der Waals surface area contributed by atoms with Gasteiger partial charge in [-0.3, -0.25) is 4.79 Å². The highest BCUT2D eigenvalue weighted by Gasteiger charge is 2.16. The Balaban J connectivity index is 2.20. The van der Waals surface area contributed by atoms with Crippen LogP contribution in [0.3, 0.4) is 0 Å². The predicted molar refractivity (Wildman–Crippen MR) is 56.7 cm³/mol. The van der Waals surface area contributed by atoms with Crippen LogP contribution in [0, 0.1) is 6.92 Å². The maximum absolute atomic E-state index is 10.6. The van der Waals surface area contributed by atoms with Gasteiger partial charge in [0, 0.05) is 23.5 Å². The molecule has 2 rings (SSSR count). The molecule has 0 amide bonds. The number of carbonyl (C=O) groups excluding carboxylic acids is 1. The standard InChI is InChI=1S/C12H17NO/c1-10-7-11(9-14)8-13(10)12-5-3-2-4-6-12/h7-9,12H,2-6H2,1H3. The van der Waals surface area contributed by atoms with Crippen molar-refractivity contribution in [2.45, 2.75) is 45.1 Å². The first kappa shape index (κ1) is 9.50. The third-order valence-electron chi connectivity index (χ3n) is 3.18. The maximum Gasteiger partial charge on any atom is 0.151 e. The summed E-state index contributed by atoms with van der Waals surface area (Å²) in [4.78, 5) is 10.6. The minimum Gasteiger partial charge on any atom is -0.348 e. The molecule has 1 heterocycles. The molecule has 0 saturated heterocycles. The van der Waals surface area contributed by atoms with Gasteiger partial charge in [-0.15, -0.1) is 0 Å². The van der Waals surface area contributed by atoms with Crippen molar-refractivity contribution in [2.75, 3.05) is 0 Å². The topological polar surface area (TPSA) is 22.0 Å². The molecule has 0 atom stereocenters. The number of rotatable bonds is 2. The van der Waals surface area contributed by atoms with E-state index < -0.39 is 0 Å². The zero-order valence-corrected chi connectivity index (χ0v) is 8.70. The van der Waals surface area contributed by atoms with E-state index in [0.717, 1.165) is 11.8 Å². The lowest BCUT2D eigenvalue weighted by Crippen LogP contribution is -2.12. The van der Waals surface area contributed by atoms with Gasteiger partial charge < -0.3 is 4.57 Å². The van der Waals surface area contributed by atoms with Crippen LogP contribution in [0.5, 0.6) is 0 Å². The highest BCUT2D eigenvalue weighted by atomic mass is 16.1. The monoisotopic (exact) mass is 191 g/mol. The van der Waals surface area contributed by atoms with Crippen LogP contribution in [-0.2, 0) is 0 Å². The molecule has 0 aromatic carbocycles. The molecule has 1 aliphatic rings. The van der Waals surface area contributed by atoms with Gasteiger partial charge in [-0.2, -0.15) is 0 Å². The third-order valence-corrected chi connectivity index (χ3v) is 3.18. The Hall–Kier alpha value is -1.05. The summed E-state index contributed by atoms with van der Waals surface area (Å²) in [6.07, 6.45) is 9.51. The number of aldehydes is 1. The number of hydrogen-bond donors (Lipinski definition) is 0. The van der Waals surface area contributed by atoms with Crippen LogP contribution in [0.4, 0.5) is 0 Å². The van der Waals surface area contributed by atoms with Crippen molar-refractivity contribution in [3.63, 3.8) is 0 Å². The fourth-order valence-corrected chi connectivity index (χ4v) is 2.43. The van der Waals surface area contributed by atoms with Gasteiger partial charge in [0.05, 0.1) is 0 Å². The quantitative estimate of drug-likeness (QED) is 0.658. The molecular weight excluding hydrogens is 174 g/mol. The molecule has 1 aromatic rings. The van der Waals surface area contributed by atoms with Crippen molar-refractivity contribution in [3.8, 4) is 0 Å². The van der Waals surface area contributed by atoms with E-state index in [4.69, 9.17) is 0 Å². The van der Waals surface area contributed by atoms with Gasteiger partial charge in [0.2, 0.25) is 0 Å². The van der Waals surface area contributed by atoms with Crippen LogP contribution < -0.4 is 0 Å². The number of nitrogens with zero attached hydrogens (tertiary/aromatic N) is 1. The molecule has 1 aliphatic carbocycles. The molecule has 0 radical (unpaired) electrons. The van der Waals surface area contributed by atoms with Crippen molar-refractivity contribution in [3.05, 3.63) is 23.5 Å². The van der Waals surface area contributed by atoms with Gasteiger partial charge in [0.15, 0.2) is 6.29 Å². The molecule has 14 heavy (non-hydrogen) atoms. The second-order valence-electron chi connectivity index (χ2n) is 4.23. The minimum absolute atomic E-state index is 0.637. The fourth-order valence-electron chi connectivity index (χ4n) is 2.43. The Kier molecular flexibility index (Phi) is 2.71. The largest absolute Gasteiger partial charge is 0.348 e. The average molecular weight is 191 g/mol. The van der Waals surface area contributed by atoms with Gasteiger partial charge in [-0.1, -0.05) is 19.3 Å². The van der Waals surface area contributed by atoms with Crippen molar-refractivity contribution in [2.24, 2.45) is 0 Å². The van der Waals surface area contributed by atoms with Crippen LogP contribution in [0.15, 0.2) is 12.3 Å². The van der Waals surface area contributed by atoms with Gasteiger partial charge in [0.1, 0.15) is 0 Å². The number of hydrogen-bond acceptors (Lipinski definition) is 1. The van der Waals surface area contributed by atoms with Gasteiger partial charge in [-0.25, -0.2) is 0 Å². The minimum atomic E-state index is 0.637. The zero-order chi connectivity index (χ0) is 9.97. The normalized spacial score (nSPS) is 18.4. The van der Waals surface area contributed by atoms with Crippen LogP contribution in [-0.4, -0.2) is 10.9 Å². The Bertz CT molecular complexity index is 321. The summed E-state index contributed by atoms with van der Waals surface area (Å²) in [6, 6.07) is 2.61. The Morgan fingerprint density at radius 2 is 2.07 bits per heavy atom. The molecule has 0 aliphatic heterocycles. The lowest BCUT2D eigenvalue weighted by molar-refractivity contribution is 0.112. The van der Waals surface area contributed by atoms with E-state index in [1.54, 1.807) is 0 Å². The Labute approximate surface area is 84.9 Å². The van der Waals surface area contributed by atoms with E-state index in [2.05, 4.69) is 11.5 Å². The van der Waals surface area contributed by atoms with E-state index >= 15 is 0 Å². The van der Waals surface area contributed by atoms with E-state index in [9.17, 15) is 4.79 Å². The average Bonchev–Trinajstić information content (AvgIpc) is 2.61. The van der Waals surface area contributed by atoms with Crippen molar-refractivity contribution in [1.82, 2.24) is 4.57 Å². The molecule has 2 heteroatoms. The Morgan fingerprint density at radius 1 is 1.36 bits per heavy atom. The van der Waals surface area contributed by atoms with E-state index in [0.29, 0.717) is 6.04 Å². The molecule has 1 aromatic heterocycles. The highest BCUT2D eigenvalue weighted by molar-refractivity contribution is 5.74. The van der Waals surface area contributed by atoms with Crippen molar-refractivity contribution >= 4 is 6.29 Å². The Morgan fingerprint density at radius 3 is 2.64 bits per heavy atom. The summed E-state index contributed by atoms with van der Waals surface area (Å²) < 4.78 is 2.28. The van der Waals surface area contributed by atoms with Crippen molar-refractivity contribution in [1.29, 1.82) is 0 Å². The first-order valence-electron chi connectivity index (χ1n) is 5.45. The molecule has 0 unspecified atom stereocenters. The first-order valence-corrected chi connectivity index (χ1v) is 5.45. The highest BCUT2D eigenvalue weighted by Crippen LogP contribution is 2.29. The first-order chi connectivity index (χ1) is 6.81. The summed E-state index contributed by atoms with van der Waals surface area (Å²) in [5, 5.41) is 0. The van der Waals surface area contributed by atoms with Gasteiger partial charge >= 0.3 is 0 Å². The number of aromatic nitrogens is 1. The molecule has 1 saturated carbocycles. The van der Waals surface area contributed by atoms with Crippen LogP contribution >= 0.6 is 0 Å². The number of aryl methyl sites for hydroxylation is 1. The van der Waals surface area contributed by atoms with E-state index in [1.165, 1.54) is 37.8 Å². The second kappa shape index (κ2) is 3.99. The smallest absolute Gasteiger partial charge is 0.151 e. The number of carbonyl (C=O) groups is 1.